The highest BCUT2D eigenvalue weighted by atomic mass is 79.9. The van der Waals surface area contributed by atoms with Gasteiger partial charge in [-0.05, 0) is 40.9 Å². The molecule has 1 rings (SSSR count). The Hall–Kier alpha value is -0.450. The topological polar surface area (TPSA) is 59.1 Å². The Labute approximate surface area is 86.1 Å². The van der Waals surface area contributed by atoms with E-state index >= 15 is 0 Å². The summed E-state index contributed by atoms with van der Waals surface area (Å²) in [5, 5.41) is 8.82. The second kappa shape index (κ2) is 4.17. The first-order valence-electron chi connectivity index (χ1n) is 4.07. The molecule has 0 aromatic carbocycles. The minimum Gasteiger partial charge on any atom is -0.396 e. The summed E-state index contributed by atoms with van der Waals surface area (Å²) < 4.78 is 0.902. The number of hydrogen-bond acceptors (Lipinski definition) is 3. The van der Waals surface area contributed by atoms with E-state index in [0.717, 1.165) is 10.0 Å². The predicted octanol–water partition coefficient (Wildman–Crippen LogP) is 1.40. The standard InChI is InChI=1S/C9H13BrN2O/c1-9(11,2-3-13)7-4-8(10)6-12-5-7/h4-6,13H,2-3,11H2,1H3/t9-/m0/s1. The summed E-state index contributed by atoms with van der Waals surface area (Å²) in [6.07, 6.45) is 3.96. The van der Waals surface area contributed by atoms with Crippen molar-refractivity contribution >= 4 is 15.9 Å². The first-order valence-corrected chi connectivity index (χ1v) is 4.86. The first-order chi connectivity index (χ1) is 6.06. The third kappa shape index (κ3) is 2.76. The summed E-state index contributed by atoms with van der Waals surface area (Å²) in [6, 6.07) is 1.92. The molecule has 0 spiro atoms. The molecular weight excluding hydrogens is 232 g/mol. The van der Waals surface area contributed by atoms with Gasteiger partial charge < -0.3 is 10.8 Å². The SMILES string of the molecule is C[C@](N)(CCO)c1cncc(Br)c1. The van der Waals surface area contributed by atoms with E-state index in [2.05, 4.69) is 20.9 Å². The molecule has 1 aromatic heterocycles. The van der Waals surface area contributed by atoms with Crippen molar-refractivity contribution in [2.45, 2.75) is 18.9 Å². The molecule has 0 saturated heterocycles. The average Bonchev–Trinajstić information content (AvgIpc) is 2.04. The van der Waals surface area contributed by atoms with Gasteiger partial charge in [-0.3, -0.25) is 4.98 Å². The molecule has 0 saturated carbocycles. The maximum Gasteiger partial charge on any atom is 0.0451 e. The number of aliphatic hydroxyl groups is 1. The van der Waals surface area contributed by atoms with Crippen LogP contribution in [0.5, 0.6) is 0 Å². The van der Waals surface area contributed by atoms with Gasteiger partial charge in [0.2, 0.25) is 0 Å². The summed E-state index contributed by atoms with van der Waals surface area (Å²) in [5.41, 5.74) is 6.42. The van der Waals surface area contributed by atoms with Gasteiger partial charge in [-0.25, -0.2) is 0 Å². The number of nitrogens with two attached hydrogens (primary N) is 1. The number of nitrogens with zero attached hydrogens (tertiary/aromatic N) is 1. The summed E-state index contributed by atoms with van der Waals surface area (Å²) in [5.74, 6) is 0. The lowest BCUT2D eigenvalue weighted by atomic mass is 9.92. The molecule has 72 valence electrons. The van der Waals surface area contributed by atoms with Gasteiger partial charge in [-0.2, -0.15) is 0 Å². The lowest BCUT2D eigenvalue weighted by molar-refractivity contribution is 0.247. The van der Waals surface area contributed by atoms with Crippen LogP contribution in [-0.4, -0.2) is 16.7 Å². The highest BCUT2D eigenvalue weighted by molar-refractivity contribution is 9.10. The molecule has 13 heavy (non-hydrogen) atoms. The quantitative estimate of drug-likeness (QED) is 0.846. The highest BCUT2D eigenvalue weighted by Gasteiger charge is 2.20. The van der Waals surface area contributed by atoms with Crippen LogP contribution in [0.15, 0.2) is 22.9 Å². The Morgan fingerprint density at radius 1 is 1.62 bits per heavy atom. The first kappa shape index (κ1) is 10.6. The molecule has 1 heterocycles. The van der Waals surface area contributed by atoms with Crippen molar-refractivity contribution in [3.05, 3.63) is 28.5 Å². The molecule has 3 nitrogen and oxygen atoms in total. The molecule has 4 heteroatoms. The lowest BCUT2D eigenvalue weighted by Gasteiger charge is -2.23. The van der Waals surface area contributed by atoms with Crippen LogP contribution in [0.4, 0.5) is 0 Å². The molecule has 1 atom stereocenters. The molecule has 0 unspecified atom stereocenters. The third-order valence-electron chi connectivity index (χ3n) is 2.00. The van der Waals surface area contributed by atoms with Crippen LogP contribution in [-0.2, 0) is 5.54 Å². The van der Waals surface area contributed by atoms with Gasteiger partial charge in [0.25, 0.3) is 0 Å². The Morgan fingerprint density at radius 3 is 2.85 bits per heavy atom. The van der Waals surface area contributed by atoms with Gasteiger partial charge in [0, 0.05) is 29.0 Å². The lowest BCUT2D eigenvalue weighted by Crippen LogP contribution is -2.34. The normalized spacial score (nSPS) is 15.4. The maximum absolute atomic E-state index is 8.82. The van der Waals surface area contributed by atoms with E-state index in [1.807, 2.05) is 13.0 Å². The van der Waals surface area contributed by atoms with Crippen molar-refractivity contribution in [2.75, 3.05) is 6.61 Å². The van der Waals surface area contributed by atoms with Gasteiger partial charge in [0.15, 0.2) is 0 Å². The van der Waals surface area contributed by atoms with Crippen LogP contribution in [0.3, 0.4) is 0 Å². The smallest absolute Gasteiger partial charge is 0.0451 e. The zero-order valence-corrected chi connectivity index (χ0v) is 9.08. The Morgan fingerprint density at radius 2 is 2.31 bits per heavy atom. The van der Waals surface area contributed by atoms with Gasteiger partial charge in [0.05, 0.1) is 0 Å². The molecule has 1 aromatic rings. The van der Waals surface area contributed by atoms with Crippen LogP contribution in [0.25, 0.3) is 0 Å². The summed E-state index contributed by atoms with van der Waals surface area (Å²) in [7, 11) is 0. The number of pyridine rings is 1. The zero-order chi connectivity index (χ0) is 9.90. The summed E-state index contributed by atoms with van der Waals surface area (Å²) >= 11 is 3.33. The van der Waals surface area contributed by atoms with Gasteiger partial charge >= 0.3 is 0 Å². The number of aliphatic hydroxyl groups excluding tert-OH is 1. The second-order valence-electron chi connectivity index (χ2n) is 3.28. The highest BCUT2D eigenvalue weighted by Crippen LogP contribution is 2.22. The van der Waals surface area contributed by atoms with E-state index in [1.54, 1.807) is 12.4 Å². The molecule has 0 aliphatic carbocycles. The number of halogens is 1. The van der Waals surface area contributed by atoms with E-state index in [9.17, 15) is 0 Å². The van der Waals surface area contributed by atoms with Crippen molar-refractivity contribution in [3.8, 4) is 0 Å². The van der Waals surface area contributed by atoms with Gasteiger partial charge in [0.1, 0.15) is 0 Å². The molecule has 0 aliphatic heterocycles. The Kier molecular flexibility index (Phi) is 3.41. The Bertz CT molecular complexity index is 289. The molecule has 0 amide bonds. The fourth-order valence-corrected chi connectivity index (χ4v) is 1.47. The number of aromatic nitrogens is 1. The Balaban J connectivity index is 2.93. The van der Waals surface area contributed by atoms with Crippen molar-refractivity contribution in [2.24, 2.45) is 5.73 Å². The van der Waals surface area contributed by atoms with Crippen molar-refractivity contribution in [1.29, 1.82) is 0 Å². The van der Waals surface area contributed by atoms with Gasteiger partial charge in [-0.1, -0.05) is 0 Å². The molecule has 0 radical (unpaired) electrons. The van der Waals surface area contributed by atoms with E-state index in [-0.39, 0.29) is 6.61 Å². The largest absolute Gasteiger partial charge is 0.396 e. The van der Waals surface area contributed by atoms with E-state index < -0.39 is 5.54 Å². The summed E-state index contributed by atoms with van der Waals surface area (Å²) in [4.78, 5) is 4.02. The number of rotatable bonds is 3. The van der Waals surface area contributed by atoms with E-state index in [1.165, 1.54) is 0 Å². The fourth-order valence-electron chi connectivity index (χ4n) is 1.10. The van der Waals surface area contributed by atoms with Crippen LogP contribution < -0.4 is 5.73 Å². The predicted molar refractivity (Wildman–Crippen MR) is 55.2 cm³/mol. The van der Waals surface area contributed by atoms with E-state index in [4.69, 9.17) is 10.8 Å². The molecule has 0 bridgehead atoms. The third-order valence-corrected chi connectivity index (χ3v) is 2.43. The van der Waals surface area contributed by atoms with E-state index in [0.29, 0.717) is 6.42 Å². The molecule has 3 N–H and O–H groups in total. The van der Waals surface area contributed by atoms with Gasteiger partial charge in [-0.15, -0.1) is 0 Å². The van der Waals surface area contributed by atoms with Crippen LogP contribution in [0.1, 0.15) is 18.9 Å². The number of hydrogen-bond donors (Lipinski definition) is 2. The fraction of sp³-hybridized carbons (Fsp3) is 0.444. The minimum absolute atomic E-state index is 0.0829. The summed E-state index contributed by atoms with van der Waals surface area (Å²) in [6.45, 7) is 1.96. The zero-order valence-electron chi connectivity index (χ0n) is 7.50. The van der Waals surface area contributed by atoms with Crippen molar-refractivity contribution < 1.29 is 5.11 Å². The van der Waals surface area contributed by atoms with Crippen LogP contribution >= 0.6 is 15.9 Å². The maximum atomic E-state index is 8.82. The minimum atomic E-state index is -0.508. The molecule has 0 aliphatic rings. The average molecular weight is 245 g/mol. The molecule has 0 fully saturated rings. The van der Waals surface area contributed by atoms with Crippen molar-refractivity contribution in [1.82, 2.24) is 4.98 Å². The monoisotopic (exact) mass is 244 g/mol. The van der Waals surface area contributed by atoms with Crippen LogP contribution in [0, 0.1) is 0 Å². The van der Waals surface area contributed by atoms with Crippen molar-refractivity contribution in [3.63, 3.8) is 0 Å². The van der Waals surface area contributed by atoms with Crippen LogP contribution in [0.2, 0.25) is 0 Å². The molecular formula is C9H13BrN2O. The second-order valence-corrected chi connectivity index (χ2v) is 4.20.